The molecular formula is C28H21OPRh+. The molecule has 0 saturated heterocycles. The third-order valence-corrected chi connectivity index (χ3v) is 8.01. The average Bonchev–Trinajstić information content (AvgIpc) is 2.81. The summed E-state index contributed by atoms with van der Waals surface area (Å²) < 4.78 is 0. The summed E-state index contributed by atoms with van der Waals surface area (Å²) in [6, 6.07) is 40.7. The number of hydrogen-bond acceptors (Lipinski definition) is 1. The zero-order valence-electron chi connectivity index (χ0n) is 16.8. The van der Waals surface area contributed by atoms with E-state index in [1.165, 1.54) is 32.1 Å². The van der Waals surface area contributed by atoms with Crippen LogP contribution in [0.4, 0.5) is 0 Å². The standard InChI is InChI=1S/C27H19P.CHO.Rh/c1-20-10-8-11-21-18-22-12-9-17-27(26(22)19-25(20)21)28(23-13-4-2-5-14-23)24-15-6-3-7-16-24;1-2;/h2-18H,1H2;1H;/q-2;-1;+3/p+1. The van der Waals surface area contributed by atoms with E-state index in [-0.39, 0.29) is 19.5 Å². The number of fused-ring (bicyclic) bond motifs is 2. The molecule has 0 heterocycles. The fourth-order valence-corrected chi connectivity index (χ4v) is 6.64. The van der Waals surface area contributed by atoms with Crippen LogP contribution in [0.15, 0.2) is 103 Å². The summed E-state index contributed by atoms with van der Waals surface area (Å²) in [7, 11) is -1.13. The summed E-state index contributed by atoms with van der Waals surface area (Å²) in [6.07, 6.45) is 0. The Kier molecular flexibility index (Phi) is 7.75. The second-order valence-corrected chi connectivity index (χ2v) is 9.47. The summed E-state index contributed by atoms with van der Waals surface area (Å²) >= 11 is 0. The van der Waals surface area contributed by atoms with Gasteiger partial charge in [-0.15, -0.1) is 23.6 Å². The van der Waals surface area contributed by atoms with E-state index in [0.717, 1.165) is 10.9 Å². The van der Waals surface area contributed by atoms with Crippen molar-refractivity contribution < 1.29 is 24.3 Å². The predicted octanol–water partition coefficient (Wildman–Crippen LogP) is 5.19. The maximum absolute atomic E-state index is 7.75. The molecule has 0 radical (unpaired) electrons. The van der Waals surface area contributed by atoms with Gasteiger partial charge in [-0.05, 0) is 24.3 Å². The van der Waals surface area contributed by atoms with Crippen LogP contribution in [0.25, 0.3) is 21.5 Å². The molecule has 5 rings (SSSR count). The van der Waals surface area contributed by atoms with E-state index in [1.54, 1.807) is 0 Å². The Morgan fingerprint density at radius 2 is 1.16 bits per heavy atom. The van der Waals surface area contributed by atoms with Gasteiger partial charge in [0.05, 0.1) is 18.5 Å². The predicted molar refractivity (Wildman–Crippen MR) is 132 cm³/mol. The smallest absolute Gasteiger partial charge is 0.545 e. The quantitative estimate of drug-likeness (QED) is 0.108. The molecule has 3 heteroatoms. The first-order valence-corrected chi connectivity index (χ1v) is 11.2. The van der Waals surface area contributed by atoms with Crippen LogP contribution in [0.1, 0.15) is 5.56 Å². The molecule has 5 aromatic rings. The van der Waals surface area contributed by atoms with Gasteiger partial charge in [0.1, 0.15) is 0 Å². The van der Waals surface area contributed by atoms with Crippen LogP contribution in [0.2, 0.25) is 0 Å². The molecule has 0 atom stereocenters. The van der Waals surface area contributed by atoms with Crippen LogP contribution in [-0.4, -0.2) is 6.79 Å². The number of benzene rings is 5. The van der Waals surface area contributed by atoms with E-state index in [1.807, 2.05) is 0 Å². The first-order chi connectivity index (χ1) is 14.8. The van der Waals surface area contributed by atoms with Gasteiger partial charge in [0.2, 0.25) is 0 Å². The molecule has 0 aliphatic carbocycles. The second-order valence-electron chi connectivity index (χ2n) is 7.03. The zero-order chi connectivity index (χ0) is 20.9. The van der Waals surface area contributed by atoms with Gasteiger partial charge in [-0.1, -0.05) is 65.4 Å². The molecule has 0 amide bonds. The maximum atomic E-state index is 7.75. The molecule has 1 nitrogen and oxygen atoms in total. The van der Waals surface area contributed by atoms with Crippen LogP contribution >= 0.6 is 7.92 Å². The normalized spacial score (nSPS) is 10.4. The second kappa shape index (κ2) is 10.5. The van der Waals surface area contributed by atoms with Crippen molar-refractivity contribution in [2.75, 3.05) is 0 Å². The van der Waals surface area contributed by atoms with Crippen molar-refractivity contribution in [2.24, 2.45) is 0 Å². The molecule has 5 aromatic carbocycles. The van der Waals surface area contributed by atoms with Crippen LogP contribution < -0.4 is 15.9 Å². The van der Waals surface area contributed by atoms with Gasteiger partial charge in [0, 0.05) is 5.30 Å². The van der Waals surface area contributed by atoms with Crippen molar-refractivity contribution in [1.29, 1.82) is 0 Å². The molecule has 0 unspecified atom stereocenters. The van der Waals surface area contributed by atoms with Gasteiger partial charge in [-0.25, -0.2) is 12.3 Å². The van der Waals surface area contributed by atoms with Crippen LogP contribution in [0.5, 0.6) is 0 Å². The third-order valence-electron chi connectivity index (χ3n) is 5.23. The Labute approximate surface area is 197 Å². The summed E-state index contributed by atoms with van der Waals surface area (Å²) in [5.41, 5.74) is 1.03. The summed E-state index contributed by atoms with van der Waals surface area (Å²) in [4.78, 5) is 7.75. The van der Waals surface area contributed by atoms with E-state index in [4.69, 9.17) is 4.79 Å². The van der Waals surface area contributed by atoms with E-state index in [0.29, 0.717) is 0 Å². The molecule has 0 bridgehead atoms. The van der Waals surface area contributed by atoms with Gasteiger partial charge in [-0.3, -0.25) is 12.4 Å². The maximum Gasteiger partial charge on any atom is 3.00 e. The topological polar surface area (TPSA) is 17.1 Å². The van der Waals surface area contributed by atoms with Gasteiger partial charge >= 0.3 is 19.5 Å². The van der Waals surface area contributed by atoms with Crippen molar-refractivity contribution in [3.8, 4) is 0 Å². The number of hydrogen-bond donors (Lipinski definition) is 0. The molecule has 0 fully saturated rings. The van der Waals surface area contributed by atoms with Gasteiger partial charge in [-0.2, -0.15) is 12.1 Å². The van der Waals surface area contributed by atoms with Crippen LogP contribution in [0.3, 0.4) is 0 Å². The van der Waals surface area contributed by atoms with E-state index >= 15 is 0 Å². The molecule has 152 valence electrons. The van der Waals surface area contributed by atoms with Crippen molar-refractivity contribution in [3.63, 3.8) is 0 Å². The Morgan fingerprint density at radius 3 is 1.74 bits per heavy atom. The minimum atomic E-state index is -1.13. The van der Waals surface area contributed by atoms with E-state index < -0.39 is 7.92 Å². The van der Waals surface area contributed by atoms with Crippen molar-refractivity contribution in [3.05, 3.63) is 122 Å². The summed E-state index contributed by atoms with van der Waals surface area (Å²) in [5, 5.41) is 8.93. The fourth-order valence-electron chi connectivity index (χ4n) is 3.91. The van der Waals surface area contributed by atoms with E-state index in [9.17, 15) is 0 Å². The first-order valence-electron chi connectivity index (χ1n) is 9.73. The monoisotopic (exact) mass is 507 g/mol. The minimum Gasteiger partial charge on any atom is -0.545 e. The molecule has 0 N–H and O–H groups in total. The Hall–Kier alpha value is -2.79. The van der Waals surface area contributed by atoms with Crippen molar-refractivity contribution in [1.82, 2.24) is 0 Å². The molecule has 31 heavy (non-hydrogen) atoms. The van der Waals surface area contributed by atoms with E-state index in [2.05, 4.69) is 123 Å². The molecular weight excluding hydrogens is 486 g/mol. The molecule has 0 aliphatic heterocycles. The molecule has 0 spiro atoms. The minimum absolute atomic E-state index is 0. The largest absolute Gasteiger partial charge is 3.00 e. The van der Waals surface area contributed by atoms with Crippen molar-refractivity contribution >= 4 is 52.2 Å². The van der Waals surface area contributed by atoms with Crippen molar-refractivity contribution in [2.45, 2.75) is 0 Å². The molecule has 0 aliphatic rings. The number of carbonyl (C=O) groups excluding carboxylic acids is 1. The van der Waals surface area contributed by atoms with Gasteiger partial charge in [0.15, 0.2) is 0 Å². The Morgan fingerprint density at radius 1 is 0.645 bits per heavy atom. The first kappa shape index (κ1) is 22.9. The fraction of sp³-hybridized carbons (Fsp3) is 0. The molecule has 0 saturated carbocycles. The van der Waals surface area contributed by atoms with Crippen LogP contribution in [0, 0.1) is 13.0 Å². The third kappa shape index (κ3) is 4.62. The van der Waals surface area contributed by atoms with Gasteiger partial charge in [0.25, 0.3) is 0 Å². The van der Waals surface area contributed by atoms with Gasteiger partial charge < -0.3 is 4.79 Å². The summed E-state index contributed by atoms with van der Waals surface area (Å²) in [6.45, 7) is 7.47. The average molecular weight is 507 g/mol. The Bertz CT molecular complexity index is 1250. The number of rotatable bonds is 3. The summed E-state index contributed by atoms with van der Waals surface area (Å²) in [5.74, 6) is 0. The zero-order valence-corrected chi connectivity index (χ0v) is 19.5. The Balaban J connectivity index is 0.000000883. The SMILES string of the molecule is [CH-]=O.[CH2-]c1cccc2cc3cccc([PH+](c4ccccc4)c4ccccc4)c3[c-]c12.[Rh+3]. The van der Waals surface area contributed by atoms with Crippen LogP contribution in [-0.2, 0) is 24.3 Å². The molecule has 0 aromatic heterocycles.